The summed E-state index contributed by atoms with van der Waals surface area (Å²) in [6.07, 6.45) is 2.46. The summed E-state index contributed by atoms with van der Waals surface area (Å²) in [5.41, 5.74) is 0.969. The molecule has 0 fully saturated rings. The molecule has 0 aromatic carbocycles. The lowest BCUT2D eigenvalue weighted by atomic mass is 10.1. The predicted molar refractivity (Wildman–Crippen MR) is 67.9 cm³/mol. The third kappa shape index (κ3) is 4.80. The molecule has 0 spiro atoms. The Kier molecular flexibility index (Phi) is 5.39. The molecule has 1 rings (SSSR count). The maximum absolute atomic E-state index is 11.4. The molecule has 0 saturated heterocycles. The van der Waals surface area contributed by atoms with Crippen LogP contribution < -0.4 is 10.6 Å². The molecule has 1 amide bonds. The van der Waals surface area contributed by atoms with Crippen molar-refractivity contribution in [3.63, 3.8) is 0 Å². The van der Waals surface area contributed by atoms with Crippen LogP contribution >= 0.6 is 0 Å². The number of nitrogens with zero attached hydrogens (tertiary/aromatic N) is 2. The molecule has 0 saturated carbocycles. The van der Waals surface area contributed by atoms with Crippen LogP contribution in [0.5, 0.6) is 0 Å². The van der Waals surface area contributed by atoms with Gasteiger partial charge in [-0.1, -0.05) is 20.8 Å². The zero-order valence-corrected chi connectivity index (χ0v) is 10.7. The first kappa shape index (κ1) is 13.4. The number of hydrogen-bond donors (Lipinski definition) is 2. The topological polar surface area (TPSA) is 66.9 Å². The van der Waals surface area contributed by atoms with Crippen molar-refractivity contribution >= 4 is 11.7 Å². The molecule has 0 atom stereocenters. The van der Waals surface area contributed by atoms with E-state index in [2.05, 4.69) is 34.4 Å². The second-order valence-corrected chi connectivity index (χ2v) is 4.19. The quantitative estimate of drug-likeness (QED) is 0.786. The molecule has 5 heteroatoms. The highest BCUT2D eigenvalue weighted by atomic mass is 16.1. The fourth-order valence-electron chi connectivity index (χ4n) is 1.28. The number of carbonyl (C=O) groups excluding carboxylic acids is 1. The Morgan fingerprint density at radius 2 is 2.18 bits per heavy atom. The highest BCUT2D eigenvalue weighted by molar-refractivity contribution is 5.80. The summed E-state index contributed by atoms with van der Waals surface area (Å²) in [7, 11) is 0. The highest BCUT2D eigenvalue weighted by Crippen LogP contribution is 2.13. The average molecular weight is 236 g/mol. The van der Waals surface area contributed by atoms with E-state index in [-0.39, 0.29) is 12.5 Å². The van der Waals surface area contributed by atoms with Crippen LogP contribution in [-0.4, -0.2) is 29.0 Å². The number of amides is 1. The zero-order valence-electron chi connectivity index (χ0n) is 10.7. The van der Waals surface area contributed by atoms with Gasteiger partial charge in [0, 0.05) is 18.3 Å². The Morgan fingerprint density at radius 1 is 1.41 bits per heavy atom. The van der Waals surface area contributed by atoms with E-state index < -0.39 is 0 Å². The Labute approximate surface area is 102 Å². The first-order chi connectivity index (χ1) is 8.13. The lowest BCUT2D eigenvalue weighted by molar-refractivity contribution is -0.119. The molecule has 2 N–H and O–H groups in total. The third-order valence-corrected chi connectivity index (χ3v) is 2.28. The van der Waals surface area contributed by atoms with Gasteiger partial charge in [-0.25, -0.2) is 9.97 Å². The van der Waals surface area contributed by atoms with Crippen molar-refractivity contribution < 1.29 is 4.79 Å². The van der Waals surface area contributed by atoms with Gasteiger partial charge in [-0.15, -0.1) is 0 Å². The van der Waals surface area contributed by atoms with Gasteiger partial charge in [-0.2, -0.15) is 0 Å². The fraction of sp³-hybridized carbons (Fsp3) is 0.583. The molecular formula is C12H20N4O. The molecule has 0 unspecified atom stereocenters. The van der Waals surface area contributed by atoms with E-state index in [9.17, 15) is 4.79 Å². The van der Waals surface area contributed by atoms with Gasteiger partial charge in [-0.3, -0.25) is 4.79 Å². The van der Waals surface area contributed by atoms with Crippen molar-refractivity contribution in [1.29, 1.82) is 0 Å². The van der Waals surface area contributed by atoms with E-state index in [1.807, 2.05) is 13.0 Å². The van der Waals surface area contributed by atoms with Crippen molar-refractivity contribution in [2.45, 2.75) is 33.1 Å². The minimum Gasteiger partial charge on any atom is -0.361 e. The molecule has 94 valence electrons. The van der Waals surface area contributed by atoms with Gasteiger partial charge in [0.15, 0.2) is 0 Å². The number of carbonyl (C=O) groups is 1. The SMILES string of the molecule is CCCNC(=O)CNc1cc(C(C)C)ncn1. The van der Waals surface area contributed by atoms with Crippen molar-refractivity contribution in [2.24, 2.45) is 0 Å². The lowest BCUT2D eigenvalue weighted by Crippen LogP contribution is -2.30. The predicted octanol–water partition coefficient (Wildman–Crippen LogP) is 1.54. The van der Waals surface area contributed by atoms with Crippen LogP contribution in [-0.2, 0) is 4.79 Å². The zero-order chi connectivity index (χ0) is 12.7. The van der Waals surface area contributed by atoms with E-state index in [1.54, 1.807) is 0 Å². The third-order valence-electron chi connectivity index (χ3n) is 2.28. The van der Waals surface area contributed by atoms with Crippen LogP contribution in [0.4, 0.5) is 5.82 Å². The van der Waals surface area contributed by atoms with Crippen LogP contribution in [0.15, 0.2) is 12.4 Å². The number of anilines is 1. The molecule has 0 bridgehead atoms. The van der Waals surface area contributed by atoms with Crippen molar-refractivity contribution in [2.75, 3.05) is 18.4 Å². The van der Waals surface area contributed by atoms with Crippen LogP contribution in [0, 0.1) is 0 Å². The maximum Gasteiger partial charge on any atom is 0.239 e. The Hall–Kier alpha value is -1.65. The monoisotopic (exact) mass is 236 g/mol. The molecule has 1 heterocycles. The maximum atomic E-state index is 11.4. The second-order valence-electron chi connectivity index (χ2n) is 4.19. The van der Waals surface area contributed by atoms with Gasteiger partial charge in [-0.05, 0) is 12.3 Å². The summed E-state index contributed by atoms with van der Waals surface area (Å²) >= 11 is 0. The molecule has 1 aromatic heterocycles. The molecule has 0 aliphatic heterocycles. The van der Waals surface area contributed by atoms with E-state index in [0.29, 0.717) is 18.3 Å². The largest absolute Gasteiger partial charge is 0.361 e. The highest BCUT2D eigenvalue weighted by Gasteiger charge is 2.04. The normalized spacial score (nSPS) is 10.4. The fourth-order valence-corrected chi connectivity index (χ4v) is 1.28. The minimum atomic E-state index is -0.0171. The Morgan fingerprint density at radius 3 is 2.82 bits per heavy atom. The first-order valence-corrected chi connectivity index (χ1v) is 5.96. The molecule has 0 aliphatic carbocycles. The Balaban J connectivity index is 2.46. The number of nitrogens with one attached hydrogen (secondary N) is 2. The van der Waals surface area contributed by atoms with Crippen LogP contribution in [0.1, 0.15) is 38.8 Å². The van der Waals surface area contributed by atoms with E-state index in [1.165, 1.54) is 6.33 Å². The van der Waals surface area contributed by atoms with Gasteiger partial charge in [0.25, 0.3) is 0 Å². The van der Waals surface area contributed by atoms with Crippen molar-refractivity contribution in [3.05, 3.63) is 18.1 Å². The van der Waals surface area contributed by atoms with Crippen molar-refractivity contribution in [3.8, 4) is 0 Å². The molecule has 0 aliphatic rings. The first-order valence-electron chi connectivity index (χ1n) is 5.96. The van der Waals surface area contributed by atoms with E-state index >= 15 is 0 Å². The van der Waals surface area contributed by atoms with E-state index in [0.717, 1.165) is 12.1 Å². The molecule has 5 nitrogen and oxygen atoms in total. The van der Waals surface area contributed by atoms with Gasteiger partial charge in [0.2, 0.25) is 5.91 Å². The van der Waals surface area contributed by atoms with Crippen LogP contribution in [0.3, 0.4) is 0 Å². The summed E-state index contributed by atoms with van der Waals surface area (Å²) in [5, 5.41) is 5.78. The summed E-state index contributed by atoms with van der Waals surface area (Å²) in [6, 6.07) is 1.87. The lowest BCUT2D eigenvalue weighted by Gasteiger charge is -2.08. The molecule has 0 radical (unpaired) electrons. The van der Waals surface area contributed by atoms with Gasteiger partial charge in [0.05, 0.1) is 6.54 Å². The molecular weight excluding hydrogens is 216 g/mol. The standard InChI is InChI=1S/C12H20N4O/c1-4-5-13-12(17)7-14-11-6-10(9(2)3)15-8-16-11/h6,8-9H,4-5,7H2,1-3H3,(H,13,17)(H,14,15,16). The summed E-state index contributed by atoms with van der Waals surface area (Å²) in [6.45, 7) is 7.11. The summed E-state index contributed by atoms with van der Waals surface area (Å²) < 4.78 is 0. The van der Waals surface area contributed by atoms with E-state index in [4.69, 9.17) is 0 Å². The summed E-state index contributed by atoms with van der Waals surface area (Å²) in [4.78, 5) is 19.6. The smallest absolute Gasteiger partial charge is 0.239 e. The van der Waals surface area contributed by atoms with Crippen molar-refractivity contribution in [1.82, 2.24) is 15.3 Å². The van der Waals surface area contributed by atoms with Gasteiger partial charge < -0.3 is 10.6 Å². The average Bonchev–Trinajstić information content (AvgIpc) is 2.34. The van der Waals surface area contributed by atoms with Gasteiger partial charge in [0.1, 0.15) is 12.1 Å². The number of rotatable bonds is 6. The molecule has 17 heavy (non-hydrogen) atoms. The van der Waals surface area contributed by atoms with Crippen LogP contribution in [0.2, 0.25) is 0 Å². The Bertz CT molecular complexity index is 365. The van der Waals surface area contributed by atoms with Crippen LogP contribution in [0.25, 0.3) is 0 Å². The van der Waals surface area contributed by atoms with Gasteiger partial charge >= 0.3 is 0 Å². The number of aromatic nitrogens is 2. The summed E-state index contributed by atoms with van der Waals surface area (Å²) in [5.74, 6) is 1.03. The number of hydrogen-bond acceptors (Lipinski definition) is 4. The molecule has 1 aromatic rings. The minimum absolute atomic E-state index is 0.0171. The second kappa shape index (κ2) is 6.83.